The van der Waals surface area contributed by atoms with Gasteiger partial charge in [0.1, 0.15) is 5.82 Å². The van der Waals surface area contributed by atoms with E-state index in [1.807, 2.05) is 12.1 Å². The second-order valence-electron chi connectivity index (χ2n) is 4.50. The number of nitriles is 1. The van der Waals surface area contributed by atoms with Crippen molar-refractivity contribution in [2.75, 3.05) is 5.32 Å². The fraction of sp³-hybridized carbons (Fsp3) is 0.214. The number of aryl methyl sites for hydroxylation is 1. The number of imidazole rings is 1. The highest BCUT2D eigenvalue weighted by Gasteiger charge is 2.15. The van der Waals surface area contributed by atoms with Gasteiger partial charge in [0.2, 0.25) is 5.91 Å². The van der Waals surface area contributed by atoms with Crippen LogP contribution in [0.3, 0.4) is 0 Å². The van der Waals surface area contributed by atoms with E-state index >= 15 is 0 Å². The van der Waals surface area contributed by atoms with Crippen LogP contribution in [0.5, 0.6) is 0 Å². The average molecular weight is 252 g/mol. The zero-order chi connectivity index (χ0) is 13.2. The Morgan fingerprint density at radius 2 is 2.26 bits per heavy atom. The lowest BCUT2D eigenvalue weighted by Crippen LogP contribution is -2.18. The number of rotatable bonds is 2. The Balaban J connectivity index is 1.93. The number of H-pyrrole nitrogens is 1. The lowest BCUT2D eigenvalue weighted by atomic mass is 9.99. The van der Waals surface area contributed by atoms with Crippen LogP contribution in [0.2, 0.25) is 0 Å². The van der Waals surface area contributed by atoms with E-state index in [0.717, 1.165) is 28.9 Å². The molecule has 2 heterocycles. The van der Waals surface area contributed by atoms with Crippen LogP contribution in [0.25, 0.3) is 11.3 Å². The Hall–Kier alpha value is -2.61. The number of aromatic amines is 1. The number of nitrogens with one attached hydrogen (secondary N) is 2. The van der Waals surface area contributed by atoms with Gasteiger partial charge in [-0.2, -0.15) is 5.26 Å². The van der Waals surface area contributed by atoms with Crippen LogP contribution >= 0.6 is 0 Å². The summed E-state index contributed by atoms with van der Waals surface area (Å²) in [5, 5.41) is 11.5. The van der Waals surface area contributed by atoms with Crippen molar-refractivity contribution in [2.45, 2.75) is 19.3 Å². The molecule has 0 unspecified atom stereocenters. The SMILES string of the molecule is N#CCc1ncc(-c2ccc3c(c2)CCC(=O)N3)[nH]1. The van der Waals surface area contributed by atoms with E-state index in [0.29, 0.717) is 12.2 Å². The number of fused-ring (bicyclic) bond motifs is 1. The Morgan fingerprint density at radius 1 is 1.37 bits per heavy atom. The quantitative estimate of drug-likeness (QED) is 0.858. The van der Waals surface area contributed by atoms with Crippen LogP contribution in [0.15, 0.2) is 24.4 Å². The third-order valence-electron chi connectivity index (χ3n) is 3.19. The predicted molar refractivity (Wildman–Crippen MR) is 70.3 cm³/mol. The van der Waals surface area contributed by atoms with Gasteiger partial charge in [-0.25, -0.2) is 4.98 Å². The molecule has 3 rings (SSSR count). The molecule has 1 aromatic carbocycles. The minimum atomic E-state index is 0.0677. The number of benzene rings is 1. The summed E-state index contributed by atoms with van der Waals surface area (Å²) >= 11 is 0. The number of amides is 1. The highest BCUT2D eigenvalue weighted by molar-refractivity contribution is 5.94. The first-order valence-electron chi connectivity index (χ1n) is 6.10. The number of hydrogen-bond donors (Lipinski definition) is 2. The van der Waals surface area contributed by atoms with Gasteiger partial charge in [-0.05, 0) is 29.7 Å². The molecule has 5 nitrogen and oxygen atoms in total. The highest BCUT2D eigenvalue weighted by Crippen LogP contribution is 2.27. The van der Waals surface area contributed by atoms with Crippen molar-refractivity contribution in [1.82, 2.24) is 9.97 Å². The Labute approximate surface area is 110 Å². The molecule has 0 spiro atoms. The van der Waals surface area contributed by atoms with Gasteiger partial charge in [0.05, 0.1) is 24.4 Å². The molecule has 1 aliphatic heterocycles. The molecule has 19 heavy (non-hydrogen) atoms. The molecule has 0 radical (unpaired) electrons. The first-order valence-corrected chi connectivity index (χ1v) is 6.10. The summed E-state index contributed by atoms with van der Waals surface area (Å²) in [6.07, 6.45) is 3.30. The molecule has 0 saturated heterocycles. The normalized spacial score (nSPS) is 13.5. The first-order chi connectivity index (χ1) is 9.26. The van der Waals surface area contributed by atoms with Gasteiger partial charge in [-0.15, -0.1) is 0 Å². The van der Waals surface area contributed by atoms with E-state index in [4.69, 9.17) is 5.26 Å². The molecule has 0 saturated carbocycles. The van der Waals surface area contributed by atoms with Gasteiger partial charge < -0.3 is 10.3 Å². The van der Waals surface area contributed by atoms with Crippen molar-refractivity contribution in [2.24, 2.45) is 0 Å². The number of hydrogen-bond acceptors (Lipinski definition) is 3. The molecule has 5 heteroatoms. The number of anilines is 1. The van der Waals surface area contributed by atoms with Crippen LogP contribution in [-0.4, -0.2) is 15.9 Å². The van der Waals surface area contributed by atoms with Gasteiger partial charge in [-0.3, -0.25) is 4.79 Å². The Morgan fingerprint density at radius 3 is 3.11 bits per heavy atom. The zero-order valence-electron chi connectivity index (χ0n) is 10.2. The van der Waals surface area contributed by atoms with Crippen LogP contribution in [-0.2, 0) is 17.6 Å². The van der Waals surface area contributed by atoms with E-state index < -0.39 is 0 Å². The standard InChI is InChI=1S/C14H12N4O/c15-6-5-13-16-8-12(17-13)10-1-3-11-9(7-10)2-4-14(19)18-11/h1,3,7-8H,2,4-5H2,(H,16,17)(H,18,19). The van der Waals surface area contributed by atoms with Crippen molar-refractivity contribution in [3.8, 4) is 17.3 Å². The fourth-order valence-electron chi connectivity index (χ4n) is 2.22. The maximum atomic E-state index is 11.3. The fourth-order valence-corrected chi connectivity index (χ4v) is 2.22. The van der Waals surface area contributed by atoms with Crippen molar-refractivity contribution >= 4 is 11.6 Å². The molecule has 2 aromatic rings. The minimum absolute atomic E-state index is 0.0677. The zero-order valence-corrected chi connectivity index (χ0v) is 10.2. The van der Waals surface area contributed by atoms with Crippen LogP contribution in [0.4, 0.5) is 5.69 Å². The van der Waals surface area contributed by atoms with Gasteiger partial charge in [0.15, 0.2) is 0 Å². The summed E-state index contributed by atoms with van der Waals surface area (Å²) < 4.78 is 0. The molecule has 2 N–H and O–H groups in total. The molecule has 1 aromatic heterocycles. The lowest BCUT2D eigenvalue weighted by Gasteiger charge is -2.17. The summed E-state index contributed by atoms with van der Waals surface area (Å²) in [5.41, 5.74) is 3.93. The number of carbonyl (C=O) groups excluding carboxylic acids is 1. The van der Waals surface area contributed by atoms with Crippen LogP contribution in [0.1, 0.15) is 17.8 Å². The first kappa shape index (κ1) is 11.5. The van der Waals surface area contributed by atoms with Gasteiger partial charge in [0, 0.05) is 12.1 Å². The third-order valence-corrected chi connectivity index (χ3v) is 3.19. The molecular weight excluding hydrogens is 240 g/mol. The van der Waals surface area contributed by atoms with Crippen LogP contribution < -0.4 is 5.32 Å². The largest absolute Gasteiger partial charge is 0.341 e. The third kappa shape index (κ3) is 2.20. The Bertz CT molecular complexity index is 681. The van der Waals surface area contributed by atoms with E-state index in [2.05, 4.69) is 27.4 Å². The maximum Gasteiger partial charge on any atom is 0.224 e. The molecular formula is C14H12N4O. The summed E-state index contributed by atoms with van der Waals surface area (Å²) in [4.78, 5) is 18.6. The number of aromatic nitrogens is 2. The number of nitrogens with zero attached hydrogens (tertiary/aromatic N) is 2. The lowest BCUT2D eigenvalue weighted by molar-refractivity contribution is -0.116. The van der Waals surface area contributed by atoms with Crippen molar-refractivity contribution in [3.05, 3.63) is 35.8 Å². The van der Waals surface area contributed by atoms with Crippen molar-refractivity contribution < 1.29 is 4.79 Å². The molecule has 1 aliphatic rings. The predicted octanol–water partition coefficient (Wildman–Crippen LogP) is 2.03. The second kappa shape index (κ2) is 4.58. The van der Waals surface area contributed by atoms with E-state index in [1.165, 1.54) is 0 Å². The van der Waals surface area contributed by atoms with E-state index in [9.17, 15) is 4.79 Å². The topological polar surface area (TPSA) is 81.6 Å². The van der Waals surface area contributed by atoms with Gasteiger partial charge in [0.25, 0.3) is 0 Å². The van der Waals surface area contributed by atoms with E-state index in [-0.39, 0.29) is 12.3 Å². The number of carbonyl (C=O) groups is 1. The molecule has 94 valence electrons. The van der Waals surface area contributed by atoms with Crippen LogP contribution in [0, 0.1) is 11.3 Å². The Kier molecular flexibility index (Phi) is 2.76. The summed E-state index contributed by atoms with van der Waals surface area (Å²) in [5.74, 6) is 0.738. The maximum absolute atomic E-state index is 11.3. The second-order valence-corrected chi connectivity index (χ2v) is 4.50. The van der Waals surface area contributed by atoms with E-state index in [1.54, 1.807) is 6.20 Å². The molecule has 0 fully saturated rings. The summed E-state index contributed by atoms with van der Waals surface area (Å²) in [6.45, 7) is 0. The molecule has 0 atom stereocenters. The monoisotopic (exact) mass is 252 g/mol. The van der Waals surface area contributed by atoms with Crippen molar-refractivity contribution in [3.63, 3.8) is 0 Å². The summed E-state index contributed by atoms with van der Waals surface area (Å²) in [7, 11) is 0. The average Bonchev–Trinajstić information content (AvgIpc) is 2.87. The molecule has 0 bridgehead atoms. The molecule has 0 aliphatic carbocycles. The van der Waals surface area contributed by atoms with Gasteiger partial charge in [-0.1, -0.05) is 6.07 Å². The van der Waals surface area contributed by atoms with Crippen molar-refractivity contribution in [1.29, 1.82) is 5.26 Å². The summed E-state index contributed by atoms with van der Waals surface area (Å²) in [6, 6.07) is 7.96. The highest BCUT2D eigenvalue weighted by atomic mass is 16.1. The smallest absolute Gasteiger partial charge is 0.224 e. The molecule has 1 amide bonds. The van der Waals surface area contributed by atoms with Gasteiger partial charge >= 0.3 is 0 Å². The minimum Gasteiger partial charge on any atom is -0.341 e.